The van der Waals surface area contributed by atoms with Crippen molar-refractivity contribution >= 4 is 11.6 Å². The van der Waals surface area contributed by atoms with Gasteiger partial charge in [0.25, 0.3) is 0 Å². The summed E-state index contributed by atoms with van der Waals surface area (Å²) >= 11 is 6.08. The summed E-state index contributed by atoms with van der Waals surface area (Å²) in [6, 6.07) is 10.2. The van der Waals surface area contributed by atoms with E-state index in [-0.39, 0.29) is 0 Å². The highest BCUT2D eigenvalue weighted by Crippen LogP contribution is 2.23. The van der Waals surface area contributed by atoms with Gasteiger partial charge in [-0.25, -0.2) is 4.57 Å². The van der Waals surface area contributed by atoms with Crippen molar-refractivity contribution in [1.29, 1.82) is 0 Å². The van der Waals surface area contributed by atoms with Gasteiger partial charge in [-0.3, -0.25) is 0 Å². The van der Waals surface area contributed by atoms with Crippen LogP contribution in [-0.2, 0) is 6.54 Å². The van der Waals surface area contributed by atoms with Crippen molar-refractivity contribution in [3.05, 3.63) is 58.9 Å². The maximum absolute atomic E-state index is 6.08. The van der Waals surface area contributed by atoms with E-state index in [0.29, 0.717) is 5.92 Å². The Balaban J connectivity index is 2.19. The Labute approximate surface area is 132 Å². The molecule has 1 heterocycles. The molecule has 0 aliphatic carbocycles. The molecule has 0 N–H and O–H groups in total. The van der Waals surface area contributed by atoms with Gasteiger partial charge in [0.1, 0.15) is 5.75 Å². The largest absolute Gasteiger partial charge is 0.496 e. The van der Waals surface area contributed by atoms with Gasteiger partial charge in [-0.2, -0.15) is 0 Å². The van der Waals surface area contributed by atoms with Crippen LogP contribution in [0.3, 0.4) is 0 Å². The summed E-state index contributed by atoms with van der Waals surface area (Å²) in [5.74, 6) is 1.52. The molecule has 2 rings (SSSR count). The second-order valence-corrected chi connectivity index (χ2v) is 5.71. The van der Waals surface area contributed by atoms with E-state index in [4.69, 9.17) is 16.3 Å². The van der Waals surface area contributed by atoms with E-state index in [2.05, 4.69) is 42.9 Å². The summed E-state index contributed by atoms with van der Waals surface area (Å²) in [7, 11) is 1.69. The van der Waals surface area contributed by atoms with Crippen LogP contribution < -0.4 is 9.30 Å². The highest BCUT2D eigenvalue weighted by Gasteiger charge is 2.12. The molecule has 0 radical (unpaired) electrons. The smallest absolute Gasteiger partial charge is 0.177 e. The Hall–Kier alpha value is -1.54. The number of hydrogen-bond donors (Lipinski definition) is 0. The van der Waals surface area contributed by atoms with E-state index in [0.717, 1.165) is 22.9 Å². The van der Waals surface area contributed by atoms with Gasteiger partial charge in [0.15, 0.2) is 18.9 Å². The molecule has 0 aliphatic heterocycles. The van der Waals surface area contributed by atoms with E-state index in [1.165, 1.54) is 18.4 Å². The first-order chi connectivity index (χ1) is 10.2. The second kappa shape index (κ2) is 7.46. The molecule has 112 valence electrons. The Bertz CT molecular complexity index is 576. The van der Waals surface area contributed by atoms with E-state index in [1.807, 2.05) is 18.2 Å². The van der Waals surface area contributed by atoms with Crippen molar-refractivity contribution in [2.24, 2.45) is 0 Å². The molecule has 0 atom stereocenters. The molecule has 2 nitrogen and oxygen atoms in total. The molecule has 0 unspecified atom stereocenters. The van der Waals surface area contributed by atoms with Gasteiger partial charge in [0.2, 0.25) is 0 Å². The first kappa shape index (κ1) is 15.8. The molecule has 0 saturated carbocycles. The monoisotopic (exact) mass is 304 g/mol. The highest BCUT2D eigenvalue weighted by atomic mass is 35.5. The Morgan fingerprint density at radius 1 is 1.10 bits per heavy atom. The molecular formula is C18H23ClNO+. The maximum atomic E-state index is 6.08. The van der Waals surface area contributed by atoms with Crippen molar-refractivity contribution in [3.63, 3.8) is 0 Å². The third-order valence-corrected chi connectivity index (χ3v) is 4.20. The standard InChI is InChI=1S/C18H23ClNO/c1-4-14(5-2)15-8-10-20(11-9-15)13-16-12-17(19)6-7-18(16)21-3/h6-12,14H,4-5,13H2,1-3H3/q+1. The molecule has 0 fully saturated rings. The molecule has 1 aromatic carbocycles. The molecular weight excluding hydrogens is 282 g/mol. The molecule has 0 bridgehead atoms. The van der Waals surface area contributed by atoms with Crippen LogP contribution in [0.5, 0.6) is 5.75 Å². The molecule has 0 saturated heterocycles. The summed E-state index contributed by atoms with van der Waals surface area (Å²) in [4.78, 5) is 0. The quantitative estimate of drug-likeness (QED) is 0.712. The van der Waals surface area contributed by atoms with Crippen LogP contribution >= 0.6 is 11.6 Å². The van der Waals surface area contributed by atoms with Crippen LogP contribution in [0.15, 0.2) is 42.7 Å². The molecule has 0 spiro atoms. The van der Waals surface area contributed by atoms with Crippen molar-refractivity contribution in [2.75, 3.05) is 7.11 Å². The van der Waals surface area contributed by atoms with E-state index in [1.54, 1.807) is 7.11 Å². The lowest BCUT2D eigenvalue weighted by atomic mass is 9.95. The number of halogens is 1. The van der Waals surface area contributed by atoms with Crippen LogP contribution in [-0.4, -0.2) is 7.11 Å². The highest BCUT2D eigenvalue weighted by molar-refractivity contribution is 6.30. The number of hydrogen-bond acceptors (Lipinski definition) is 1. The van der Waals surface area contributed by atoms with E-state index < -0.39 is 0 Å². The molecule has 3 heteroatoms. The van der Waals surface area contributed by atoms with Crippen molar-refractivity contribution in [1.82, 2.24) is 0 Å². The Morgan fingerprint density at radius 3 is 2.33 bits per heavy atom. The number of nitrogens with zero attached hydrogens (tertiary/aromatic N) is 1. The van der Waals surface area contributed by atoms with E-state index >= 15 is 0 Å². The van der Waals surface area contributed by atoms with Gasteiger partial charge < -0.3 is 4.74 Å². The van der Waals surface area contributed by atoms with Gasteiger partial charge in [-0.15, -0.1) is 0 Å². The minimum Gasteiger partial charge on any atom is -0.496 e. The summed E-state index contributed by atoms with van der Waals surface area (Å²) < 4.78 is 7.55. The minimum atomic E-state index is 0.653. The third-order valence-electron chi connectivity index (χ3n) is 3.97. The zero-order valence-electron chi connectivity index (χ0n) is 13.0. The fourth-order valence-electron chi connectivity index (χ4n) is 2.67. The minimum absolute atomic E-state index is 0.653. The summed E-state index contributed by atoms with van der Waals surface area (Å²) in [5.41, 5.74) is 2.50. The van der Waals surface area contributed by atoms with Gasteiger partial charge in [0.05, 0.1) is 12.7 Å². The molecule has 2 aromatic rings. The number of benzene rings is 1. The lowest BCUT2D eigenvalue weighted by Gasteiger charge is -2.11. The average Bonchev–Trinajstić information content (AvgIpc) is 2.50. The maximum Gasteiger partial charge on any atom is 0.177 e. The zero-order chi connectivity index (χ0) is 15.2. The average molecular weight is 305 g/mol. The molecule has 0 aliphatic rings. The zero-order valence-corrected chi connectivity index (χ0v) is 13.7. The topological polar surface area (TPSA) is 13.1 Å². The van der Waals surface area contributed by atoms with Crippen molar-refractivity contribution in [2.45, 2.75) is 39.2 Å². The summed E-state index contributed by atoms with van der Waals surface area (Å²) in [5, 5.41) is 0.736. The number of rotatable bonds is 6. The number of pyridine rings is 1. The summed E-state index contributed by atoms with van der Waals surface area (Å²) in [6.07, 6.45) is 6.63. The fourth-order valence-corrected chi connectivity index (χ4v) is 2.87. The molecule has 0 amide bonds. The Morgan fingerprint density at radius 2 is 1.76 bits per heavy atom. The Kier molecular flexibility index (Phi) is 5.63. The predicted octanol–water partition coefficient (Wildman–Crippen LogP) is 4.59. The first-order valence-corrected chi connectivity index (χ1v) is 7.87. The van der Waals surface area contributed by atoms with E-state index in [9.17, 15) is 0 Å². The van der Waals surface area contributed by atoms with Crippen molar-refractivity contribution < 1.29 is 9.30 Å². The normalized spacial score (nSPS) is 10.9. The molecule has 1 aromatic heterocycles. The first-order valence-electron chi connectivity index (χ1n) is 7.49. The van der Waals surface area contributed by atoms with Crippen LogP contribution in [0.1, 0.15) is 43.7 Å². The third kappa shape index (κ3) is 3.98. The van der Waals surface area contributed by atoms with Gasteiger partial charge in [-0.1, -0.05) is 25.4 Å². The number of aromatic nitrogens is 1. The van der Waals surface area contributed by atoms with Crippen molar-refractivity contribution in [3.8, 4) is 5.75 Å². The van der Waals surface area contributed by atoms with Crippen LogP contribution in [0.2, 0.25) is 5.02 Å². The number of ether oxygens (including phenoxy) is 1. The lowest BCUT2D eigenvalue weighted by Crippen LogP contribution is -2.33. The lowest BCUT2D eigenvalue weighted by molar-refractivity contribution is -0.688. The van der Waals surface area contributed by atoms with Gasteiger partial charge in [0, 0.05) is 17.2 Å². The number of methoxy groups -OCH3 is 1. The van der Waals surface area contributed by atoms with Gasteiger partial charge in [-0.05, 0) is 42.5 Å². The predicted molar refractivity (Wildman–Crippen MR) is 87.1 cm³/mol. The van der Waals surface area contributed by atoms with Crippen LogP contribution in [0.25, 0.3) is 0 Å². The van der Waals surface area contributed by atoms with Gasteiger partial charge >= 0.3 is 0 Å². The fraction of sp³-hybridized carbons (Fsp3) is 0.389. The summed E-state index contributed by atoms with van der Waals surface area (Å²) in [6.45, 7) is 5.24. The van der Waals surface area contributed by atoms with Crippen LogP contribution in [0.4, 0.5) is 0 Å². The van der Waals surface area contributed by atoms with Crippen LogP contribution in [0, 0.1) is 0 Å². The molecule has 21 heavy (non-hydrogen) atoms. The SMILES string of the molecule is CCC(CC)c1cc[n+](Cc2cc(Cl)ccc2OC)cc1. The second-order valence-electron chi connectivity index (χ2n) is 5.27.